The highest BCUT2D eigenvalue weighted by atomic mass is 79.9. The number of carbonyl (C=O) groups is 1. The van der Waals surface area contributed by atoms with E-state index in [2.05, 4.69) is 26.2 Å². The Labute approximate surface area is 157 Å². The summed E-state index contributed by atoms with van der Waals surface area (Å²) in [6.07, 6.45) is -3.74. The third-order valence-corrected chi connectivity index (χ3v) is 4.37. The molecule has 0 saturated carbocycles. The summed E-state index contributed by atoms with van der Waals surface area (Å²) in [6, 6.07) is 0.457. The lowest BCUT2D eigenvalue weighted by atomic mass is 10.0. The van der Waals surface area contributed by atoms with Crippen LogP contribution in [0.25, 0.3) is 0 Å². The molecule has 1 aliphatic heterocycles. The maximum atomic E-state index is 13.2. The number of piperazine rings is 1. The molecule has 0 aromatic carbocycles. The highest BCUT2D eigenvalue weighted by Gasteiger charge is 2.46. The average Bonchev–Trinajstić information content (AvgIpc) is 2.53. The van der Waals surface area contributed by atoms with Gasteiger partial charge in [0.05, 0.1) is 12.6 Å². The summed E-state index contributed by atoms with van der Waals surface area (Å²) in [5, 5.41) is 2.68. The minimum atomic E-state index is -4.49. The van der Waals surface area contributed by atoms with Crippen LogP contribution in [0.1, 0.15) is 31.4 Å². The van der Waals surface area contributed by atoms with Crippen molar-refractivity contribution < 1.29 is 22.7 Å². The number of alkyl halides is 3. The number of aromatic nitrogens is 1. The first-order valence-corrected chi connectivity index (χ1v) is 8.95. The topological polar surface area (TPSA) is 54.5 Å². The number of hydrogen-bond donors (Lipinski definition) is 1. The number of pyridine rings is 1. The molecule has 2 heterocycles. The van der Waals surface area contributed by atoms with Gasteiger partial charge in [-0.05, 0) is 40.0 Å². The molecule has 10 heteroatoms. The highest BCUT2D eigenvalue weighted by molar-refractivity contribution is 9.10. The normalized spacial score (nSPS) is 21.3. The summed E-state index contributed by atoms with van der Waals surface area (Å²) in [5.41, 5.74) is 0.507. The molecular weight excluding hydrogens is 427 g/mol. The van der Waals surface area contributed by atoms with Gasteiger partial charge in [0.15, 0.2) is 0 Å². The van der Waals surface area contributed by atoms with E-state index < -0.39 is 30.9 Å². The Balaban J connectivity index is 2.20. The van der Waals surface area contributed by atoms with Gasteiger partial charge in [0.2, 0.25) is 0 Å². The molecule has 1 aromatic rings. The molecule has 5 nitrogen and oxygen atoms in total. The Hall–Kier alpha value is -1.06. The lowest BCUT2D eigenvalue weighted by molar-refractivity contribution is -0.166. The molecule has 0 unspecified atom stereocenters. The van der Waals surface area contributed by atoms with Gasteiger partial charge in [-0.2, -0.15) is 13.2 Å². The van der Waals surface area contributed by atoms with Crippen molar-refractivity contribution in [2.45, 2.75) is 38.0 Å². The van der Waals surface area contributed by atoms with Gasteiger partial charge in [-0.3, -0.25) is 5.32 Å². The largest absolute Gasteiger partial charge is 0.449 e. The second-order valence-electron chi connectivity index (χ2n) is 5.73. The Bertz CT molecular complexity index is 598. The summed E-state index contributed by atoms with van der Waals surface area (Å²) in [7, 11) is 0. The SMILES string of the molecule is CCCCOC(=O)N1C[C@H](c2cc(Cl)nc(Br)c2)N[C@@H](C(F)(F)F)C1. The number of amides is 1. The van der Waals surface area contributed by atoms with Gasteiger partial charge in [-0.15, -0.1) is 0 Å². The fourth-order valence-electron chi connectivity index (χ4n) is 2.49. The molecule has 25 heavy (non-hydrogen) atoms. The van der Waals surface area contributed by atoms with Crippen LogP contribution in [0.3, 0.4) is 0 Å². The van der Waals surface area contributed by atoms with E-state index in [9.17, 15) is 18.0 Å². The van der Waals surface area contributed by atoms with Crippen molar-refractivity contribution in [2.75, 3.05) is 19.7 Å². The summed E-state index contributed by atoms with van der Waals surface area (Å²) in [6.45, 7) is 1.67. The van der Waals surface area contributed by atoms with Gasteiger partial charge in [-0.1, -0.05) is 24.9 Å². The van der Waals surface area contributed by atoms with Gasteiger partial charge in [-0.25, -0.2) is 9.78 Å². The molecule has 0 radical (unpaired) electrons. The van der Waals surface area contributed by atoms with Crippen LogP contribution < -0.4 is 5.32 Å². The number of carbonyl (C=O) groups excluding carboxylic acids is 1. The standard InChI is InChI=1S/C15H18BrClF3N3O2/c1-2-3-4-25-14(24)23-7-10(21-11(8-23)15(18,19)20)9-5-12(16)22-13(17)6-9/h5-6,10-11,21H,2-4,7-8H2,1H3/t10-,11-/m1/s1. The van der Waals surface area contributed by atoms with Crippen LogP contribution in [0.5, 0.6) is 0 Å². The lowest BCUT2D eigenvalue weighted by Gasteiger charge is -2.39. The van der Waals surface area contributed by atoms with E-state index in [0.29, 0.717) is 16.6 Å². The fourth-order valence-corrected chi connectivity index (χ4v) is 3.27. The first kappa shape index (κ1) is 20.3. The van der Waals surface area contributed by atoms with E-state index in [-0.39, 0.29) is 18.3 Å². The first-order chi connectivity index (χ1) is 11.7. The van der Waals surface area contributed by atoms with Crippen molar-refractivity contribution in [3.63, 3.8) is 0 Å². The van der Waals surface area contributed by atoms with E-state index in [1.807, 2.05) is 6.92 Å². The molecule has 2 atom stereocenters. The number of nitrogens with zero attached hydrogens (tertiary/aromatic N) is 2. The van der Waals surface area contributed by atoms with E-state index in [0.717, 1.165) is 11.3 Å². The average molecular weight is 445 g/mol. The van der Waals surface area contributed by atoms with Crippen LogP contribution in [0.4, 0.5) is 18.0 Å². The van der Waals surface area contributed by atoms with Gasteiger partial charge < -0.3 is 9.64 Å². The molecule has 1 amide bonds. The van der Waals surface area contributed by atoms with Crippen LogP contribution in [-0.2, 0) is 4.74 Å². The highest BCUT2D eigenvalue weighted by Crippen LogP contribution is 2.30. The number of nitrogens with one attached hydrogen (secondary N) is 1. The van der Waals surface area contributed by atoms with Gasteiger partial charge in [0, 0.05) is 13.1 Å². The van der Waals surface area contributed by atoms with Crippen LogP contribution in [0.15, 0.2) is 16.7 Å². The number of unbranched alkanes of at least 4 members (excludes halogenated alkanes) is 1. The van der Waals surface area contributed by atoms with E-state index in [1.54, 1.807) is 6.07 Å². The van der Waals surface area contributed by atoms with Crippen molar-refractivity contribution >= 4 is 33.6 Å². The van der Waals surface area contributed by atoms with Gasteiger partial charge >= 0.3 is 12.3 Å². The van der Waals surface area contributed by atoms with Gasteiger partial charge in [0.25, 0.3) is 0 Å². The smallest absolute Gasteiger partial charge is 0.409 e. The Morgan fingerprint density at radius 1 is 1.48 bits per heavy atom. The zero-order chi connectivity index (χ0) is 18.6. The van der Waals surface area contributed by atoms with Crippen molar-refractivity contribution in [1.82, 2.24) is 15.2 Å². The van der Waals surface area contributed by atoms with E-state index >= 15 is 0 Å². The number of halogens is 5. The Morgan fingerprint density at radius 2 is 2.20 bits per heavy atom. The number of rotatable bonds is 4. The first-order valence-electron chi connectivity index (χ1n) is 7.78. The maximum Gasteiger partial charge on any atom is 0.409 e. The van der Waals surface area contributed by atoms with Crippen LogP contribution in [0, 0.1) is 0 Å². The molecule has 1 aromatic heterocycles. The minimum absolute atomic E-state index is 0.0460. The molecule has 0 spiro atoms. The number of hydrogen-bond acceptors (Lipinski definition) is 4. The molecule has 1 aliphatic rings. The lowest BCUT2D eigenvalue weighted by Crippen LogP contribution is -2.59. The quantitative estimate of drug-likeness (QED) is 0.555. The second-order valence-corrected chi connectivity index (χ2v) is 6.93. The Kier molecular flexibility index (Phi) is 6.93. The zero-order valence-electron chi connectivity index (χ0n) is 13.4. The Morgan fingerprint density at radius 3 is 2.80 bits per heavy atom. The predicted octanol–water partition coefficient (Wildman–Crippen LogP) is 4.31. The summed E-state index contributed by atoms with van der Waals surface area (Å²) in [4.78, 5) is 17.1. The summed E-state index contributed by atoms with van der Waals surface area (Å²) < 4.78 is 45.2. The predicted molar refractivity (Wildman–Crippen MR) is 90.5 cm³/mol. The molecule has 1 saturated heterocycles. The zero-order valence-corrected chi connectivity index (χ0v) is 15.8. The van der Waals surface area contributed by atoms with Crippen molar-refractivity contribution in [3.05, 3.63) is 27.5 Å². The molecule has 2 rings (SSSR count). The molecule has 0 aliphatic carbocycles. The van der Waals surface area contributed by atoms with Crippen LogP contribution >= 0.6 is 27.5 Å². The van der Waals surface area contributed by atoms with Crippen molar-refractivity contribution in [3.8, 4) is 0 Å². The van der Waals surface area contributed by atoms with Crippen molar-refractivity contribution in [2.24, 2.45) is 0 Å². The molecule has 1 fully saturated rings. The monoisotopic (exact) mass is 443 g/mol. The van der Waals surface area contributed by atoms with Crippen LogP contribution in [0.2, 0.25) is 5.15 Å². The third kappa shape index (κ3) is 5.72. The third-order valence-electron chi connectivity index (χ3n) is 3.77. The summed E-state index contributed by atoms with van der Waals surface area (Å²) >= 11 is 9.05. The molecule has 1 N–H and O–H groups in total. The molecule has 140 valence electrons. The maximum absolute atomic E-state index is 13.2. The fraction of sp³-hybridized carbons (Fsp3) is 0.600. The minimum Gasteiger partial charge on any atom is -0.449 e. The van der Waals surface area contributed by atoms with Gasteiger partial charge in [0.1, 0.15) is 15.8 Å². The van der Waals surface area contributed by atoms with Crippen molar-refractivity contribution in [1.29, 1.82) is 0 Å². The number of ether oxygens (including phenoxy) is 1. The molecular formula is C15H18BrClF3N3O2. The van der Waals surface area contributed by atoms with E-state index in [1.165, 1.54) is 6.07 Å². The summed E-state index contributed by atoms with van der Waals surface area (Å²) in [5.74, 6) is 0. The molecule has 0 bridgehead atoms. The van der Waals surface area contributed by atoms with Crippen LogP contribution in [-0.4, -0.2) is 47.9 Å². The second kappa shape index (κ2) is 8.55. The van der Waals surface area contributed by atoms with E-state index in [4.69, 9.17) is 16.3 Å².